The normalized spacial score (nSPS) is 12.1. The third kappa shape index (κ3) is 5.41. The van der Waals surface area contributed by atoms with Gasteiger partial charge in [-0.05, 0) is 45.7 Å². The van der Waals surface area contributed by atoms with Crippen molar-refractivity contribution < 1.29 is 13.2 Å². The summed E-state index contributed by atoms with van der Waals surface area (Å²) in [5.74, 6) is -0.0911. The molecular weight excluding hydrogens is 308 g/mol. The van der Waals surface area contributed by atoms with E-state index >= 15 is 0 Å². The van der Waals surface area contributed by atoms with Crippen molar-refractivity contribution >= 4 is 27.3 Å². The number of carbonyl (C=O) groups is 1. The van der Waals surface area contributed by atoms with Crippen LogP contribution in [-0.4, -0.2) is 44.0 Å². The number of amides is 1. The van der Waals surface area contributed by atoms with E-state index in [9.17, 15) is 13.2 Å². The summed E-state index contributed by atoms with van der Waals surface area (Å²) in [6, 6.07) is 1.81. The Labute approximate surface area is 131 Å². The second-order valence-corrected chi connectivity index (χ2v) is 8.62. The molecule has 0 bridgehead atoms. The SMILES string of the molecule is Cc1cc(C(=O)NCCCN(C(C)C)S(C)(=O)=O)sc1C. The van der Waals surface area contributed by atoms with Gasteiger partial charge in [0.15, 0.2) is 0 Å². The first-order chi connectivity index (χ1) is 9.62. The number of aryl methyl sites for hydroxylation is 2. The number of hydrogen-bond acceptors (Lipinski definition) is 4. The number of thiophene rings is 1. The molecule has 0 saturated carbocycles. The highest BCUT2D eigenvalue weighted by Gasteiger charge is 2.19. The van der Waals surface area contributed by atoms with Gasteiger partial charge in [0.1, 0.15) is 0 Å². The zero-order valence-corrected chi connectivity index (χ0v) is 14.9. The quantitative estimate of drug-likeness (QED) is 0.778. The summed E-state index contributed by atoms with van der Waals surface area (Å²) in [6.45, 7) is 8.54. The van der Waals surface area contributed by atoms with Gasteiger partial charge in [-0.15, -0.1) is 11.3 Å². The van der Waals surface area contributed by atoms with Crippen molar-refractivity contribution in [3.63, 3.8) is 0 Å². The van der Waals surface area contributed by atoms with Crippen LogP contribution in [0.2, 0.25) is 0 Å². The van der Waals surface area contributed by atoms with Crippen LogP contribution in [0.5, 0.6) is 0 Å². The lowest BCUT2D eigenvalue weighted by atomic mass is 10.3. The zero-order valence-electron chi connectivity index (χ0n) is 13.3. The molecule has 0 saturated heterocycles. The molecule has 0 unspecified atom stereocenters. The first kappa shape index (κ1) is 18.1. The maximum absolute atomic E-state index is 12.0. The first-order valence-electron chi connectivity index (χ1n) is 6.95. The fraction of sp³-hybridized carbons (Fsp3) is 0.643. The monoisotopic (exact) mass is 332 g/mol. The largest absolute Gasteiger partial charge is 0.351 e. The van der Waals surface area contributed by atoms with E-state index in [-0.39, 0.29) is 11.9 Å². The molecule has 21 heavy (non-hydrogen) atoms. The van der Waals surface area contributed by atoms with Gasteiger partial charge in [0.05, 0.1) is 11.1 Å². The Bertz CT molecular complexity index is 572. The molecule has 1 aromatic heterocycles. The topological polar surface area (TPSA) is 66.5 Å². The van der Waals surface area contributed by atoms with Gasteiger partial charge in [-0.1, -0.05) is 0 Å². The second kappa shape index (κ2) is 7.38. The minimum atomic E-state index is -3.20. The van der Waals surface area contributed by atoms with Crippen molar-refractivity contribution in [2.24, 2.45) is 0 Å². The van der Waals surface area contributed by atoms with Crippen LogP contribution in [0.3, 0.4) is 0 Å². The number of nitrogens with zero attached hydrogens (tertiary/aromatic N) is 1. The van der Waals surface area contributed by atoms with Gasteiger partial charge >= 0.3 is 0 Å². The number of hydrogen-bond donors (Lipinski definition) is 1. The van der Waals surface area contributed by atoms with Gasteiger partial charge in [0.2, 0.25) is 10.0 Å². The van der Waals surface area contributed by atoms with Crippen molar-refractivity contribution in [2.45, 2.75) is 40.2 Å². The molecule has 0 aliphatic carbocycles. The third-order valence-corrected chi connectivity index (χ3v) is 5.84. The minimum Gasteiger partial charge on any atom is -0.351 e. The molecule has 0 atom stereocenters. The molecule has 0 spiro atoms. The number of nitrogens with one attached hydrogen (secondary N) is 1. The van der Waals surface area contributed by atoms with Gasteiger partial charge in [-0.2, -0.15) is 4.31 Å². The molecule has 120 valence electrons. The van der Waals surface area contributed by atoms with E-state index in [0.717, 1.165) is 10.4 Å². The van der Waals surface area contributed by atoms with Crippen molar-refractivity contribution in [3.05, 3.63) is 21.4 Å². The second-order valence-electron chi connectivity index (χ2n) is 5.43. The smallest absolute Gasteiger partial charge is 0.261 e. The van der Waals surface area contributed by atoms with Crippen molar-refractivity contribution in [1.29, 1.82) is 0 Å². The van der Waals surface area contributed by atoms with Gasteiger partial charge in [-0.3, -0.25) is 4.79 Å². The first-order valence-corrected chi connectivity index (χ1v) is 9.61. The van der Waals surface area contributed by atoms with Crippen LogP contribution in [0.15, 0.2) is 6.07 Å². The van der Waals surface area contributed by atoms with E-state index in [1.54, 1.807) is 0 Å². The molecule has 0 aromatic carbocycles. The lowest BCUT2D eigenvalue weighted by molar-refractivity contribution is 0.0956. The molecular formula is C14H24N2O3S2. The van der Waals surface area contributed by atoms with Crippen molar-refractivity contribution in [3.8, 4) is 0 Å². The fourth-order valence-corrected chi connectivity index (χ4v) is 4.19. The van der Waals surface area contributed by atoms with E-state index in [1.807, 2.05) is 33.8 Å². The van der Waals surface area contributed by atoms with E-state index in [1.165, 1.54) is 21.9 Å². The summed E-state index contributed by atoms with van der Waals surface area (Å²) in [5.41, 5.74) is 1.12. The Morgan fingerprint density at radius 1 is 1.38 bits per heavy atom. The maximum Gasteiger partial charge on any atom is 0.261 e. The van der Waals surface area contributed by atoms with Crippen LogP contribution in [-0.2, 0) is 10.0 Å². The highest BCUT2D eigenvalue weighted by molar-refractivity contribution is 7.88. The van der Waals surface area contributed by atoms with E-state index in [2.05, 4.69) is 5.32 Å². The molecule has 1 N–H and O–H groups in total. The molecule has 5 nitrogen and oxygen atoms in total. The summed E-state index contributed by atoms with van der Waals surface area (Å²) in [4.78, 5) is 13.8. The Balaban J connectivity index is 2.45. The van der Waals surface area contributed by atoms with Gasteiger partial charge < -0.3 is 5.32 Å². The van der Waals surface area contributed by atoms with Gasteiger partial charge in [0, 0.05) is 24.0 Å². The number of rotatable bonds is 7. The summed E-state index contributed by atoms with van der Waals surface area (Å²) < 4.78 is 24.6. The lowest BCUT2D eigenvalue weighted by Gasteiger charge is -2.23. The Morgan fingerprint density at radius 3 is 2.43 bits per heavy atom. The van der Waals surface area contributed by atoms with Crippen LogP contribution in [0.1, 0.15) is 40.4 Å². The number of sulfonamides is 1. The average molecular weight is 332 g/mol. The van der Waals surface area contributed by atoms with Crippen LogP contribution in [0.25, 0.3) is 0 Å². The Kier molecular flexibility index (Phi) is 6.37. The molecule has 0 aliphatic rings. The summed E-state index contributed by atoms with van der Waals surface area (Å²) in [5, 5.41) is 2.84. The fourth-order valence-electron chi connectivity index (χ4n) is 2.02. The van der Waals surface area contributed by atoms with Crippen LogP contribution < -0.4 is 5.32 Å². The molecule has 1 amide bonds. The van der Waals surface area contributed by atoms with E-state index in [4.69, 9.17) is 0 Å². The zero-order chi connectivity index (χ0) is 16.2. The summed E-state index contributed by atoms with van der Waals surface area (Å²) in [6.07, 6.45) is 1.81. The molecule has 0 fully saturated rings. The standard InChI is InChI=1S/C14H24N2O3S2/c1-10(2)16(21(5,18)19)8-6-7-15-14(17)13-9-11(3)12(4)20-13/h9-10H,6-8H2,1-5H3,(H,15,17). The number of carbonyl (C=O) groups excluding carboxylic acids is 1. The predicted molar refractivity (Wildman–Crippen MR) is 87.4 cm³/mol. The van der Waals surface area contributed by atoms with Crippen molar-refractivity contribution in [1.82, 2.24) is 9.62 Å². The molecule has 1 heterocycles. The molecule has 1 aromatic rings. The average Bonchev–Trinajstić information content (AvgIpc) is 2.67. The summed E-state index contributed by atoms with van der Waals surface area (Å²) >= 11 is 1.48. The van der Waals surface area contributed by atoms with Gasteiger partial charge in [0.25, 0.3) is 5.91 Å². The molecule has 0 aliphatic heterocycles. The van der Waals surface area contributed by atoms with E-state index < -0.39 is 10.0 Å². The maximum atomic E-state index is 12.0. The highest BCUT2D eigenvalue weighted by atomic mass is 32.2. The Morgan fingerprint density at radius 2 is 2.00 bits per heavy atom. The van der Waals surface area contributed by atoms with Gasteiger partial charge in [-0.25, -0.2) is 8.42 Å². The minimum absolute atomic E-state index is 0.0710. The van der Waals surface area contributed by atoms with Crippen LogP contribution in [0, 0.1) is 13.8 Å². The third-order valence-electron chi connectivity index (χ3n) is 3.23. The lowest BCUT2D eigenvalue weighted by Crippen LogP contribution is -2.38. The predicted octanol–water partition coefficient (Wildman–Crippen LogP) is 2.15. The van der Waals surface area contributed by atoms with Crippen LogP contribution >= 0.6 is 11.3 Å². The summed E-state index contributed by atoms with van der Waals surface area (Å²) in [7, 11) is -3.20. The molecule has 0 radical (unpaired) electrons. The molecule has 7 heteroatoms. The Hall–Kier alpha value is -0.920. The molecule has 1 rings (SSSR count). The van der Waals surface area contributed by atoms with E-state index in [0.29, 0.717) is 24.4 Å². The highest BCUT2D eigenvalue weighted by Crippen LogP contribution is 2.20. The van der Waals surface area contributed by atoms with Crippen molar-refractivity contribution in [2.75, 3.05) is 19.3 Å². The van der Waals surface area contributed by atoms with Crippen LogP contribution in [0.4, 0.5) is 0 Å².